The quantitative estimate of drug-likeness (QED) is 0.336. The van der Waals surface area contributed by atoms with E-state index in [2.05, 4.69) is 15.0 Å². The van der Waals surface area contributed by atoms with Gasteiger partial charge in [-0.2, -0.15) is 0 Å². The van der Waals surface area contributed by atoms with E-state index < -0.39 is 23.9 Å². The topological polar surface area (TPSA) is 122 Å². The van der Waals surface area contributed by atoms with Crippen LogP contribution in [0.1, 0.15) is 65.9 Å². The molecule has 1 aromatic carbocycles. The van der Waals surface area contributed by atoms with Crippen molar-refractivity contribution in [1.82, 2.24) is 19.9 Å². The van der Waals surface area contributed by atoms with Crippen molar-refractivity contribution >= 4 is 39.3 Å². The van der Waals surface area contributed by atoms with Crippen LogP contribution in [0.5, 0.6) is 0 Å². The highest BCUT2D eigenvalue weighted by atomic mass is 32.1. The lowest BCUT2D eigenvalue weighted by molar-refractivity contribution is 0.0320. The first kappa shape index (κ1) is 22.6. The minimum atomic E-state index is -0.837. The molecule has 1 N–H and O–H groups in total. The number of aryl methyl sites for hydroxylation is 2. The molecule has 1 aliphatic heterocycles. The molecule has 2 amide bonds. The number of hydrogen-bond donors (Lipinski definition) is 1. The number of H-pyrrole nitrogens is 1. The molecule has 4 heterocycles. The number of nitrogens with one attached hydrogen (secondary N) is 1. The largest absolute Gasteiger partial charge is 0.451 e. The lowest BCUT2D eigenvalue weighted by Gasteiger charge is -2.13. The minimum absolute atomic E-state index is 0.106. The zero-order valence-electron chi connectivity index (χ0n) is 19.1. The highest BCUT2D eigenvalue weighted by Crippen LogP contribution is 2.28. The summed E-state index contributed by atoms with van der Waals surface area (Å²) in [7, 11) is 0. The summed E-state index contributed by atoms with van der Waals surface area (Å²) in [5, 5.41) is 0.535. The number of amides is 2. The highest BCUT2D eigenvalue weighted by Gasteiger charge is 2.36. The van der Waals surface area contributed by atoms with E-state index in [4.69, 9.17) is 4.74 Å². The number of ether oxygens (including phenoxy) is 1. The van der Waals surface area contributed by atoms with Gasteiger partial charge in [-0.3, -0.25) is 24.3 Å². The Hall–Kier alpha value is -4.18. The zero-order valence-corrected chi connectivity index (χ0v) is 19.9. The van der Waals surface area contributed by atoms with Crippen molar-refractivity contribution in [3.05, 3.63) is 91.6 Å². The summed E-state index contributed by atoms with van der Waals surface area (Å²) >= 11 is 1.41. The Labute approximate surface area is 203 Å². The smallest absolute Gasteiger partial charge is 0.338 e. The van der Waals surface area contributed by atoms with Crippen LogP contribution in [-0.4, -0.2) is 37.6 Å². The Morgan fingerprint density at radius 2 is 1.80 bits per heavy atom. The van der Waals surface area contributed by atoms with Crippen LogP contribution in [-0.2, 0) is 11.3 Å². The number of carbonyl (C=O) groups excluding carboxylic acids is 3. The van der Waals surface area contributed by atoms with E-state index in [-0.39, 0.29) is 34.6 Å². The molecule has 4 aromatic rings. The molecule has 0 saturated carbocycles. The van der Waals surface area contributed by atoms with Gasteiger partial charge in [0.25, 0.3) is 17.4 Å². The average molecular weight is 489 g/mol. The van der Waals surface area contributed by atoms with Crippen LogP contribution < -0.4 is 5.56 Å². The number of benzene rings is 1. The van der Waals surface area contributed by atoms with Gasteiger partial charge in [0.1, 0.15) is 4.83 Å². The molecule has 1 atom stereocenters. The first-order chi connectivity index (χ1) is 16.7. The summed E-state index contributed by atoms with van der Waals surface area (Å²) in [6.07, 6.45) is 2.34. The average Bonchev–Trinajstić information content (AvgIpc) is 3.27. The van der Waals surface area contributed by atoms with E-state index in [1.165, 1.54) is 29.5 Å². The van der Waals surface area contributed by atoms with Crippen molar-refractivity contribution in [2.24, 2.45) is 0 Å². The van der Waals surface area contributed by atoms with E-state index >= 15 is 0 Å². The zero-order chi connectivity index (χ0) is 24.9. The van der Waals surface area contributed by atoms with Crippen LogP contribution in [0.3, 0.4) is 0 Å². The van der Waals surface area contributed by atoms with E-state index in [9.17, 15) is 19.2 Å². The van der Waals surface area contributed by atoms with Crippen molar-refractivity contribution in [3.8, 4) is 0 Å². The van der Waals surface area contributed by atoms with E-state index in [1.54, 1.807) is 31.5 Å². The number of esters is 1. The van der Waals surface area contributed by atoms with Crippen LogP contribution in [0, 0.1) is 13.8 Å². The summed E-state index contributed by atoms with van der Waals surface area (Å²) in [6.45, 7) is 5.50. The molecular formula is C25H20N4O5S. The first-order valence-corrected chi connectivity index (χ1v) is 11.7. The Balaban J connectivity index is 1.36. The summed E-state index contributed by atoms with van der Waals surface area (Å²) in [5.41, 5.74) is 1.85. The Morgan fingerprint density at radius 3 is 2.54 bits per heavy atom. The number of pyridine rings is 1. The predicted octanol–water partition coefficient (Wildman–Crippen LogP) is 3.71. The third-order valence-electron chi connectivity index (χ3n) is 6.02. The predicted molar refractivity (Wildman–Crippen MR) is 128 cm³/mol. The summed E-state index contributed by atoms with van der Waals surface area (Å²) in [5.74, 6) is -1.38. The van der Waals surface area contributed by atoms with Crippen LogP contribution in [0.25, 0.3) is 10.2 Å². The van der Waals surface area contributed by atoms with Crippen molar-refractivity contribution < 1.29 is 19.1 Å². The Bertz CT molecular complexity index is 1570. The van der Waals surface area contributed by atoms with Gasteiger partial charge in [-0.15, -0.1) is 11.3 Å². The lowest BCUT2D eigenvalue weighted by Crippen LogP contribution is -2.29. The second kappa shape index (κ2) is 8.55. The van der Waals surface area contributed by atoms with Crippen LogP contribution in [0.15, 0.2) is 47.5 Å². The van der Waals surface area contributed by atoms with Gasteiger partial charge in [0.2, 0.25) is 0 Å². The maximum atomic E-state index is 12.9. The van der Waals surface area contributed by atoms with Crippen molar-refractivity contribution in [3.63, 3.8) is 0 Å². The van der Waals surface area contributed by atoms with Crippen molar-refractivity contribution in [1.29, 1.82) is 0 Å². The molecule has 0 spiro atoms. The number of hydrogen-bond acceptors (Lipinski definition) is 8. The minimum Gasteiger partial charge on any atom is -0.451 e. The van der Waals surface area contributed by atoms with Gasteiger partial charge < -0.3 is 9.72 Å². The number of imide groups is 1. The summed E-state index contributed by atoms with van der Waals surface area (Å²) < 4.78 is 5.52. The number of thiophene rings is 1. The monoisotopic (exact) mass is 488 g/mol. The fourth-order valence-corrected chi connectivity index (χ4v) is 5.02. The maximum absolute atomic E-state index is 12.9. The van der Waals surface area contributed by atoms with Gasteiger partial charge >= 0.3 is 5.97 Å². The maximum Gasteiger partial charge on any atom is 0.338 e. The van der Waals surface area contributed by atoms with E-state index in [1.807, 2.05) is 13.8 Å². The molecule has 176 valence electrons. The number of fused-ring (bicyclic) bond motifs is 2. The van der Waals surface area contributed by atoms with Gasteiger partial charge in [0.15, 0.2) is 11.9 Å². The van der Waals surface area contributed by atoms with Gasteiger partial charge in [-0.25, -0.2) is 9.78 Å². The molecule has 0 unspecified atom stereocenters. The lowest BCUT2D eigenvalue weighted by atomic mass is 10.1. The fourth-order valence-electron chi connectivity index (χ4n) is 3.98. The first-order valence-electron chi connectivity index (χ1n) is 10.8. The SMILES string of the molecule is Cc1sc2nc([C@@H](C)OC(=O)c3ccc4c(c3)C(=O)N(Cc3ccncc3)C4=O)[nH]c(=O)c2c1C. The molecular weight excluding hydrogens is 468 g/mol. The molecule has 0 saturated heterocycles. The molecule has 1 aliphatic rings. The number of aromatic nitrogens is 3. The van der Waals surface area contributed by atoms with Gasteiger partial charge in [0.05, 0.1) is 28.6 Å². The van der Waals surface area contributed by atoms with Crippen LogP contribution in [0.4, 0.5) is 0 Å². The number of nitrogens with zero attached hydrogens (tertiary/aromatic N) is 3. The summed E-state index contributed by atoms with van der Waals surface area (Å²) in [4.78, 5) is 64.9. The third-order valence-corrected chi connectivity index (χ3v) is 7.12. The van der Waals surface area contributed by atoms with Crippen LogP contribution >= 0.6 is 11.3 Å². The molecule has 35 heavy (non-hydrogen) atoms. The van der Waals surface area contributed by atoms with E-state index in [0.29, 0.717) is 10.2 Å². The number of rotatable bonds is 5. The Kier molecular flexibility index (Phi) is 5.52. The van der Waals surface area contributed by atoms with Crippen molar-refractivity contribution in [2.75, 3.05) is 0 Å². The third kappa shape index (κ3) is 3.91. The second-order valence-electron chi connectivity index (χ2n) is 8.27. The van der Waals surface area contributed by atoms with Gasteiger partial charge in [0, 0.05) is 17.3 Å². The fraction of sp³-hybridized carbons (Fsp3) is 0.200. The van der Waals surface area contributed by atoms with Crippen molar-refractivity contribution in [2.45, 2.75) is 33.4 Å². The number of aromatic amines is 1. The standard InChI is InChI=1S/C25H20N4O5S/c1-12-14(3)35-22-19(12)21(30)27-20(28-22)13(2)34-25(33)16-4-5-17-18(10-16)24(32)29(23(17)31)11-15-6-8-26-9-7-15/h4-10,13H,11H2,1-3H3,(H,27,28,30)/t13-/m1/s1. The molecule has 9 nitrogen and oxygen atoms in total. The molecule has 5 rings (SSSR count). The molecule has 0 radical (unpaired) electrons. The Morgan fingerprint density at radius 1 is 1.09 bits per heavy atom. The molecule has 0 fully saturated rings. The van der Waals surface area contributed by atoms with Gasteiger partial charge in [-0.05, 0) is 62.2 Å². The second-order valence-corrected chi connectivity index (χ2v) is 9.48. The molecule has 10 heteroatoms. The summed E-state index contributed by atoms with van der Waals surface area (Å²) in [6, 6.07) is 7.71. The normalized spacial score (nSPS) is 13.9. The van der Waals surface area contributed by atoms with E-state index in [0.717, 1.165) is 20.9 Å². The highest BCUT2D eigenvalue weighted by molar-refractivity contribution is 7.18. The molecule has 0 bridgehead atoms. The molecule has 3 aromatic heterocycles. The number of carbonyl (C=O) groups is 3. The van der Waals surface area contributed by atoms with Crippen LogP contribution in [0.2, 0.25) is 0 Å². The molecule has 0 aliphatic carbocycles. The van der Waals surface area contributed by atoms with Gasteiger partial charge in [-0.1, -0.05) is 0 Å².